The van der Waals surface area contributed by atoms with E-state index in [2.05, 4.69) is 9.72 Å². The van der Waals surface area contributed by atoms with E-state index in [9.17, 15) is 13.6 Å². The van der Waals surface area contributed by atoms with Gasteiger partial charge in [0.2, 0.25) is 0 Å². The van der Waals surface area contributed by atoms with E-state index in [1.54, 1.807) is 22.6 Å². The molecule has 0 N–H and O–H groups in total. The molecule has 0 aliphatic rings. The van der Waals surface area contributed by atoms with E-state index in [4.69, 9.17) is 4.74 Å². The van der Waals surface area contributed by atoms with Crippen LogP contribution in [-0.2, 0) is 4.74 Å². The molecule has 0 fully saturated rings. The van der Waals surface area contributed by atoms with Crippen molar-refractivity contribution in [2.24, 2.45) is 0 Å². The number of nitrogens with zero attached hydrogens (tertiary/aromatic N) is 1. The van der Waals surface area contributed by atoms with Crippen LogP contribution in [0.3, 0.4) is 0 Å². The van der Waals surface area contributed by atoms with E-state index in [1.807, 2.05) is 0 Å². The minimum atomic E-state index is -2.85. The zero-order chi connectivity index (χ0) is 12.3. The van der Waals surface area contributed by atoms with Crippen LogP contribution in [-0.4, -0.2) is 25.2 Å². The SMILES string of the molecule is COC(=O)c1nc(I)cc(OC)c1C(F)F. The molecule has 0 saturated heterocycles. The Hall–Kier alpha value is -0.990. The Morgan fingerprint density at radius 1 is 1.50 bits per heavy atom. The first kappa shape index (κ1) is 13.1. The van der Waals surface area contributed by atoms with Gasteiger partial charge in [0.25, 0.3) is 6.43 Å². The van der Waals surface area contributed by atoms with Gasteiger partial charge < -0.3 is 9.47 Å². The van der Waals surface area contributed by atoms with Gasteiger partial charge in [-0.2, -0.15) is 0 Å². The first-order valence-electron chi connectivity index (χ1n) is 4.12. The molecule has 0 aliphatic carbocycles. The Labute approximate surface area is 104 Å². The van der Waals surface area contributed by atoms with Gasteiger partial charge in [0.15, 0.2) is 5.69 Å². The molecule has 0 bridgehead atoms. The monoisotopic (exact) mass is 343 g/mol. The van der Waals surface area contributed by atoms with Gasteiger partial charge in [-0.3, -0.25) is 0 Å². The van der Waals surface area contributed by atoms with Crippen molar-refractivity contribution >= 4 is 28.6 Å². The van der Waals surface area contributed by atoms with E-state index in [-0.39, 0.29) is 5.75 Å². The standard InChI is InChI=1S/C9H8F2INO3/c1-15-4-3-5(12)13-7(9(14)16-2)6(4)8(10)11/h3,8H,1-2H3. The zero-order valence-corrected chi connectivity index (χ0v) is 10.6. The van der Waals surface area contributed by atoms with Crippen molar-refractivity contribution in [1.82, 2.24) is 4.98 Å². The Balaban J connectivity index is 3.44. The molecule has 7 heteroatoms. The summed E-state index contributed by atoms with van der Waals surface area (Å²) >= 11 is 1.80. The molecule has 88 valence electrons. The Kier molecular flexibility index (Phi) is 4.39. The number of carbonyl (C=O) groups excluding carboxylic acids is 1. The number of hydrogen-bond acceptors (Lipinski definition) is 4. The summed E-state index contributed by atoms with van der Waals surface area (Å²) < 4.78 is 35.1. The van der Waals surface area contributed by atoms with Gasteiger partial charge in [-0.15, -0.1) is 0 Å². The summed E-state index contributed by atoms with van der Waals surface area (Å²) in [5.74, 6) is -0.984. The van der Waals surface area contributed by atoms with Gasteiger partial charge in [0.05, 0.1) is 19.8 Å². The molecular weight excluding hydrogens is 335 g/mol. The maximum atomic E-state index is 12.8. The van der Waals surface area contributed by atoms with Gasteiger partial charge >= 0.3 is 5.97 Å². The predicted octanol–water partition coefficient (Wildman–Crippen LogP) is 2.42. The molecule has 0 aromatic carbocycles. The molecule has 16 heavy (non-hydrogen) atoms. The van der Waals surface area contributed by atoms with E-state index in [1.165, 1.54) is 13.2 Å². The number of pyridine rings is 1. The molecule has 0 saturated carbocycles. The lowest BCUT2D eigenvalue weighted by Gasteiger charge is -2.11. The van der Waals surface area contributed by atoms with Crippen LogP contribution in [0.2, 0.25) is 0 Å². The zero-order valence-electron chi connectivity index (χ0n) is 8.46. The summed E-state index contributed by atoms with van der Waals surface area (Å²) in [5, 5.41) is 0. The van der Waals surface area contributed by atoms with Crippen LogP contribution >= 0.6 is 22.6 Å². The molecule has 4 nitrogen and oxygen atoms in total. The second-order valence-electron chi connectivity index (χ2n) is 2.70. The van der Waals surface area contributed by atoms with Gasteiger partial charge in [-0.25, -0.2) is 18.6 Å². The molecule has 1 aromatic heterocycles. The van der Waals surface area contributed by atoms with E-state index in [0.29, 0.717) is 3.70 Å². The van der Waals surface area contributed by atoms with Crippen LogP contribution in [0.1, 0.15) is 22.5 Å². The quantitative estimate of drug-likeness (QED) is 0.481. The van der Waals surface area contributed by atoms with Crippen molar-refractivity contribution in [3.63, 3.8) is 0 Å². The number of alkyl halides is 2. The molecule has 0 spiro atoms. The van der Waals surface area contributed by atoms with Gasteiger partial charge in [0, 0.05) is 6.07 Å². The number of ether oxygens (including phenoxy) is 2. The summed E-state index contributed by atoms with van der Waals surface area (Å²) in [4.78, 5) is 15.0. The van der Waals surface area contributed by atoms with Crippen molar-refractivity contribution in [1.29, 1.82) is 0 Å². The number of aromatic nitrogens is 1. The highest BCUT2D eigenvalue weighted by Gasteiger charge is 2.26. The minimum absolute atomic E-state index is 0.0743. The Morgan fingerprint density at radius 3 is 2.56 bits per heavy atom. The van der Waals surface area contributed by atoms with Crippen LogP contribution in [0.4, 0.5) is 8.78 Å². The van der Waals surface area contributed by atoms with Crippen molar-refractivity contribution in [3.05, 3.63) is 21.0 Å². The fraction of sp³-hybridized carbons (Fsp3) is 0.333. The fourth-order valence-electron chi connectivity index (χ4n) is 1.13. The maximum absolute atomic E-state index is 12.8. The number of halogens is 3. The van der Waals surface area contributed by atoms with Crippen molar-refractivity contribution < 1.29 is 23.0 Å². The second kappa shape index (κ2) is 5.37. The van der Waals surface area contributed by atoms with Crippen LogP contribution < -0.4 is 4.74 Å². The normalized spacial score (nSPS) is 10.4. The van der Waals surface area contributed by atoms with Crippen LogP contribution in [0.15, 0.2) is 6.07 Å². The first-order valence-corrected chi connectivity index (χ1v) is 5.20. The first-order chi connectivity index (χ1) is 7.51. The molecule has 0 aliphatic heterocycles. The average molecular weight is 343 g/mol. The van der Waals surface area contributed by atoms with Crippen LogP contribution in [0.5, 0.6) is 5.75 Å². The highest BCUT2D eigenvalue weighted by Crippen LogP contribution is 2.32. The fourth-order valence-corrected chi connectivity index (χ4v) is 1.66. The lowest BCUT2D eigenvalue weighted by molar-refractivity contribution is 0.0579. The van der Waals surface area contributed by atoms with Crippen molar-refractivity contribution in [3.8, 4) is 5.75 Å². The van der Waals surface area contributed by atoms with E-state index < -0.39 is 23.7 Å². The van der Waals surface area contributed by atoms with Crippen molar-refractivity contribution in [2.75, 3.05) is 14.2 Å². The molecule has 1 heterocycles. The number of esters is 1. The largest absolute Gasteiger partial charge is 0.496 e. The topological polar surface area (TPSA) is 48.4 Å². The molecule has 1 rings (SSSR count). The van der Waals surface area contributed by atoms with E-state index in [0.717, 1.165) is 7.11 Å². The Morgan fingerprint density at radius 2 is 2.12 bits per heavy atom. The van der Waals surface area contributed by atoms with Gasteiger partial charge in [-0.05, 0) is 22.6 Å². The number of carbonyl (C=O) groups is 1. The van der Waals surface area contributed by atoms with Gasteiger partial charge in [0.1, 0.15) is 9.45 Å². The molecular formula is C9H8F2INO3. The van der Waals surface area contributed by atoms with Crippen LogP contribution in [0, 0.1) is 3.70 Å². The third kappa shape index (κ3) is 2.57. The summed E-state index contributed by atoms with van der Waals surface area (Å²) in [5.41, 5.74) is -0.962. The summed E-state index contributed by atoms with van der Waals surface area (Å²) in [6, 6.07) is 1.33. The summed E-state index contributed by atoms with van der Waals surface area (Å²) in [6.45, 7) is 0. The minimum Gasteiger partial charge on any atom is -0.496 e. The Bertz CT molecular complexity index is 412. The van der Waals surface area contributed by atoms with E-state index >= 15 is 0 Å². The lowest BCUT2D eigenvalue weighted by Crippen LogP contribution is -2.11. The third-order valence-corrected chi connectivity index (χ3v) is 2.36. The average Bonchev–Trinajstić information content (AvgIpc) is 2.26. The predicted molar refractivity (Wildman–Crippen MR) is 59.8 cm³/mol. The molecule has 0 amide bonds. The number of hydrogen-bond donors (Lipinski definition) is 0. The lowest BCUT2D eigenvalue weighted by atomic mass is 10.2. The summed E-state index contributed by atoms with van der Waals surface area (Å²) in [6.07, 6.45) is -2.85. The maximum Gasteiger partial charge on any atom is 0.357 e. The van der Waals surface area contributed by atoms with Crippen molar-refractivity contribution in [2.45, 2.75) is 6.43 Å². The highest BCUT2D eigenvalue weighted by atomic mass is 127. The molecule has 0 unspecified atom stereocenters. The van der Waals surface area contributed by atoms with Crippen LogP contribution in [0.25, 0.3) is 0 Å². The molecule has 1 aromatic rings. The highest BCUT2D eigenvalue weighted by molar-refractivity contribution is 14.1. The summed E-state index contributed by atoms with van der Waals surface area (Å²) in [7, 11) is 2.35. The number of methoxy groups -OCH3 is 2. The second-order valence-corrected chi connectivity index (χ2v) is 3.81. The molecule has 0 radical (unpaired) electrons. The van der Waals surface area contributed by atoms with Gasteiger partial charge in [-0.1, -0.05) is 0 Å². The third-order valence-electron chi connectivity index (χ3n) is 1.81. The molecule has 0 atom stereocenters. The number of rotatable bonds is 3. The smallest absolute Gasteiger partial charge is 0.357 e.